The van der Waals surface area contributed by atoms with Gasteiger partial charge in [0, 0.05) is 54.4 Å². The SMILES string of the molecule is COC1=C2C=CC=C(c3ccc(C#N)cc3)C2NC=C1c1ccc(N2CC(C)N(C(=O)c3ccccn3)C(C)C2)cc1. The molecule has 3 heterocycles. The molecule has 3 atom stereocenters. The van der Waals surface area contributed by atoms with Gasteiger partial charge in [0.15, 0.2) is 0 Å². The van der Waals surface area contributed by atoms with E-state index < -0.39 is 0 Å². The van der Waals surface area contributed by atoms with Gasteiger partial charge in [0.05, 0.1) is 24.8 Å². The second-order valence-corrected chi connectivity index (χ2v) is 10.9. The van der Waals surface area contributed by atoms with E-state index in [4.69, 9.17) is 4.74 Å². The summed E-state index contributed by atoms with van der Waals surface area (Å²) >= 11 is 0. The lowest BCUT2D eigenvalue weighted by molar-refractivity contribution is 0.0568. The first-order valence-electron chi connectivity index (χ1n) is 14.2. The van der Waals surface area contributed by atoms with Gasteiger partial charge in [-0.25, -0.2) is 0 Å². The number of hydrogen-bond donors (Lipinski definition) is 1. The molecule has 2 aliphatic heterocycles. The summed E-state index contributed by atoms with van der Waals surface area (Å²) in [7, 11) is 1.72. The molecule has 1 aliphatic carbocycles. The van der Waals surface area contributed by atoms with E-state index in [1.165, 1.54) is 0 Å². The summed E-state index contributed by atoms with van der Waals surface area (Å²) in [5.41, 5.74) is 7.56. The highest BCUT2D eigenvalue weighted by Gasteiger charge is 2.34. The van der Waals surface area contributed by atoms with E-state index in [2.05, 4.69) is 71.5 Å². The number of pyridine rings is 1. The van der Waals surface area contributed by atoms with E-state index in [0.29, 0.717) is 11.3 Å². The van der Waals surface area contributed by atoms with Gasteiger partial charge in [0.1, 0.15) is 11.5 Å². The normalized spacial score (nSPS) is 21.5. The van der Waals surface area contributed by atoms with Gasteiger partial charge >= 0.3 is 0 Å². The van der Waals surface area contributed by atoms with Gasteiger partial charge in [-0.2, -0.15) is 5.26 Å². The summed E-state index contributed by atoms with van der Waals surface area (Å²) in [6.45, 7) is 5.69. The average Bonchev–Trinajstić information content (AvgIpc) is 3.04. The molecule has 2 aromatic carbocycles. The Morgan fingerprint density at radius 3 is 2.36 bits per heavy atom. The van der Waals surface area contributed by atoms with Gasteiger partial charge in [0.25, 0.3) is 5.91 Å². The first kappa shape index (κ1) is 27.1. The Kier molecular flexibility index (Phi) is 7.37. The predicted molar refractivity (Wildman–Crippen MR) is 165 cm³/mol. The number of nitrogens with one attached hydrogen (secondary N) is 1. The Morgan fingerprint density at radius 2 is 1.71 bits per heavy atom. The maximum atomic E-state index is 13.2. The van der Waals surface area contributed by atoms with Crippen LogP contribution in [-0.2, 0) is 4.74 Å². The van der Waals surface area contributed by atoms with Crippen LogP contribution in [0.2, 0.25) is 0 Å². The third-order valence-corrected chi connectivity index (χ3v) is 8.21. The summed E-state index contributed by atoms with van der Waals surface area (Å²) in [5.74, 6) is 0.820. The Hall–Kier alpha value is -5.09. The van der Waals surface area contributed by atoms with Gasteiger partial charge in [0.2, 0.25) is 0 Å². The number of fused-ring (bicyclic) bond motifs is 1. The largest absolute Gasteiger partial charge is 0.496 e. The Balaban J connectivity index is 1.19. The van der Waals surface area contributed by atoms with E-state index in [9.17, 15) is 10.1 Å². The number of methoxy groups -OCH3 is 1. The standard InChI is InChI=1S/C35H33N5O2/c1-23-21-39(22-24(2)40(23)35(41)32-9-4-5-18-37-32)28-16-14-27(15-17-28)31-20-38-33-29(7-6-8-30(33)34(31)42-3)26-12-10-25(19-36)11-13-26/h4-18,20,23-24,33,38H,21-22H2,1-3H3. The highest BCUT2D eigenvalue weighted by molar-refractivity contribution is 5.93. The lowest BCUT2D eigenvalue weighted by Crippen LogP contribution is -2.58. The number of rotatable bonds is 5. The fourth-order valence-electron chi connectivity index (χ4n) is 6.24. The molecule has 0 bridgehead atoms. The van der Waals surface area contributed by atoms with Gasteiger partial charge in [-0.05, 0) is 66.9 Å². The van der Waals surface area contributed by atoms with Crippen molar-refractivity contribution in [2.45, 2.75) is 32.0 Å². The quantitative estimate of drug-likeness (QED) is 0.444. The van der Waals surface area contributed by atoms with Crippen molar-refractivity contribution in [1.82, 2.24) is 15.2 Å². The van der Waals surface area contributed by atoms with E-state index in [0.717, 1.165) is 52.4 Å². The molecular weight excluding hydrogens is 522 g/mol. The number of nitriles is 1. The van der Waals surface area contributed by atoms with Crippen LogP contribution in [0.3, 0.4) is 0 Å². The molecule has 7 nitrogen and oxygen atoms in total. The number of carbonyl (C=O) groups excluding carboxylic acids is 1. The topological polar surface area (TPSA) is 81.5 Å². The molecule has 1 N–H and O–H groups in total. The number of dihydropyridines is 1. The van der Waals surface area contributed by atoms with Crippen LogP contribution in [0, 0.1) is 11.3 Å². The average molecular weight is 556 g/mol. The molecule has 7 heteroatoms. The summed E-state index contributed by atoms with van der Waals surface area (Å²) in [6, 6.07) is 23.9. The second-order valence-electron chi connectivity index (χ2n) is 10.9. The highest BCUT2D eigenvalue weighted by atomic mass is 16.5. The molecule has 3 unspecified atom stereocenters. The van der Waals surface area contributed by atoms with Crippen LogP contribution in [0.4, 0.5) is 5.69 Å². The fraction of sp³-hybridized carbons (Fsp3) is 0.229. The molecule has 1 aromatic heterocycles. The zero-order valence-corrected chi connectivity index (χ0v) is 24.0. The van der Waals surface area contributed by atoms with Gasteiger partial charge in [-0.3, -0.25) is 9.78 Å². The molecule has 0 spiro atoms. The first-order chi connectivity index (χ1) is 20.5. The van der Waals surface area contributed by atoms with Crippen LogP contribution in [-0.4, -0.2) is 54.1 Å². The number of carbonyl (C=O) groups is 1. The van der Waals surface area contributed by atoms with Crippen molar-refractivity contribution >= 4 is 22.7 Å². The Morgan fingerprint density at radius 1 is 1.00 bits per heavy atom. The minimum atomic E-state index is -0.0472. The highest BCUT2D eigenvalue weighted by Crippen LogP contribution is 2.38. The summed E-state index contributed by atoms with van der Waals surface area (Å²) in [4.78, 5) is 21.7. The molecule has 0 radical (unpaired) electrons. The van der Waals surface area contributed by atoms with Crippen molar-refractivity contribution in [2.75, 3.05) is 25.1 Å². The first-order valence-corrected chi connectivity index (χ1v) is 14.2. The van der Waals surface area contributed by atoms with Crippen molar-refractivity contribution < 1.29 is 9.53 Å². The van der Waals surface area contributed by atoms with Crippen molar-refractivity contribution in [3.8, 4) is 6.07 Å². The van der Waals surface area contributed by atoms with E-state index in [1.54, 1.807) is 19.4 Å². The molecule has 1 fully saturated rings. The number of piperazine rings is 1. The lowest BCUT2D eigenvalue weighted by Gasteiger charge is -2.45. The van der Waals surface area contributed by atoms with Gasteiger partial charge < -0.3 is 19.9 Å². The zero-order chi connectivity index (χ0) is 29.2. The minimum absolute atomic E-state index is 0.0188. The second kappa shape index (κ2) is 11.4. The zero-order valence-electron chi connectivity index (χ0n) is 24.0. The van der Waals surface area contributed by atoms with Crippen molar-refractivity contribution in [3.63, 3.8) is 0 Å². The molecule has 0 saturated carbocycles. The molecule has 42 heavy (non-hydrogen) atoms. The number of benzene rings is 2. The molecule has 1 amide bonds. The molecule has 3 aliphatic rings. The number of allylic oxidation sites excluding steroid dienone is 3. The molecule has 6 rings (SSSR count). The molecule has 3 aromatic rings. The number of amides is 1. The maximum absolute atomic E-state index is 13.2. The van der Waals surface area contributed by atoms with Gasteiger partial charge in [-0.15, -0.1) is 0 Å². The Labute approximate surface area is 246 Å². The maximum Gasteiger partial charge on any atom is 0.273 e. The number of aromatic nitrogens is 1. The Bertz CT molecular complexity index is 1630. The third kappa shape index (κ3) is 4.97. The predicted octanol–water partition coefficient (Wildman–Crippen LogP) is 5.56. The van der Waals surface area contributed by atoms with Crippen LogP contribution in [0.25, 0.3) is 11.1 Å². The fourth-order valence-corrected chi connectivity index (χ4v) is 6.24. The monoisotopic (exact) mass is 555 g/mol. The number of nitrogens with zero attached hydrogens (tertiary/aromatic N) is 4. The lowest BCUT2D eigenvalue weighted by atomic mass is 9.84. The molecular formula is C35H33N5O2. The number of anilines is 1. The smallest absolute Gasteiger partial charge is 0.273 e. The van der Waals surface area contributed by atoms with Crippen LogP contribution in [0.15, 0.2) is 109 Å². The van der Waals surface area contributed by atoms with E-state index in [1.807, 2.05) is 53.6 Å². The van der Waals surface area contributed by atoms with Crippen LogP contribution in [0.1, 0.15) is 41.0 Å². The summed E-state index contributed by atoms with van der Waals surface area (Å²) in [6.07, 6.45) is 9.95. The van der Waals surface area contributed by atoms with Crippen molar-refractivity contribution in [3.05, 3.63) is 131 Å². The molecule has 210 valence electrons. The third-order valence-electron chi connectivity index (χ3n) is 8.21. The number of ether oxygens (including phenoxy) is 1. The van der Waals surface area contributed by atoms with Crippen LogP contribution in [0.5, 0.6) is 0 Å². The number of hydrogen-bond acceptors (Lipinski definition) is 6. The molecule has 1 saturated heterocycles. The van der Waals surface area contributed by atoms with E-state index >= 15 is 0 Å². The van der Waals surface area contributed by atoms with E-state index in [-0.39, 0.29) is 24.0 Å². The minimum Gasteiger partial charge on any atom is -0.496 e. The summed E-state index contributed by atoms with van der Waals surface area (Å²) < 4.78 is 5.99. The van der Waals surface area contributed by atoms with Gasteiger partial charge in [-0.1, -0.05) is 48.6 Å². The summed E-state index contributed by atoms with van der Waals surface area (Å²) in [5, 5.41) is 12.8. The van der Waals surface area contributed by atoms with Crippen LogP contribution >= 0.6 is 0 Å². The van der Waals surface area contributed by atoms with Crippen molar-refractivity contribution in [1.29, 1.82) is 5.26 Å². The van der Waals surface area contributed by atoms with Crippen LogP contribution < -0.4 is 10.2 Å². The van der Waals surface area contributed by atoms with Crippen molar-refractivity contribution in [2.24, 2.45) is 0 Å².